The number of anilines is 1. The Kier molecular flexibility index (Phi) is 4.42. The van der Waals surface area contributed by atoms with Gasteiger partial charge in [0.2, 0.25) is 5.91 Å². The van der Waals surface area contributed by atoms with Crippen molar-refractivity contribution >= 4 is 28.2 Å². The molecule has 0 radical (unpaired) electrons. The topological polar surface area (TPSA) is 72.2 Å². The maximum atomic E-state index is 11.8. The minimum Gasteiger partial charge on any atom is -0.365 e. The highest BCUT2D eigenvalue weighted by atomic mass is 32.1. The van der Waals surface area contributed by atoms with Crippen LogP contribution in [0.3, 0.4) is 0 Å². The van der Waals surface area contributed by atoms with Crippen LogP contribution in [-0.4, -0.2) is 11.8 Å². The summed E-state index contributed by atoms with van der Waals surface area (Å²) in [6, 6.07) is 0. The van der Waals surface area contributed by atoms with Crippen LogP contribution in [0.1, 0.15) is 61.3 Å². The predicted octanol–water partition coefficient (Wildman–Crippen LogP) is 3.35. The van der Waals surface area contributed by atoms with Gasteiger partial charge in [0, 0.05) is 11.3 Å². The molecule has 1 atom stereocenters. The van der Waals surface area contributed by atoms with Gasteiger partial charge in [-0.05, 0) is 36.2 Å². The number of rotatable bonds is 3. The molecule has 1 aromatic rings. The molecule has 0 saturated heterocycles. The fourth-order valence-electron chi connectivity index (χ4n) is 2.89. The zero-order chi connectivity index (χ0) is 15.8. The molecule has 3 N–H and O–H groups in total. The number of amides is 2. The van der Waals surface area contributed by atoms with E-state index in [-0.39, 0.29) is 11.3 Å². The largest absolute Gasteiger partial charge is 0.365 e. The first-order valence-corrected chi connectivity index (χ1v) is 8.29. The van der Waals surface area contributed by atoms with Gasteiger partial charge in [0.25, 0.3) is 5.91 Å². The SMILES string of the molecule is CCC(=O)Nc1sc2c(c1C(N)=O)CC[C@@H](C(C)(C)C)C2. The smallest absolute Gasteiger partial charge is 0.251 e. The first kappa shape index (κ1) is 16.0. The van der Waals surface area contributed by atoms with E-state index in [0.29, 0.717) is 22.9 Å². The van der Waals surface area contributed by atoms with Crippen molar-refractivity contribution in [2.45, 2.75) is 53.4 Å². The third kappa shape index (κ3) is 3.28. The van der Waals surface area contributed by atoms with Crippen molar-refractivity contribution in [3.63, 3.8) is 0 Å². The fourth-order valence-corrected chi connectivity index (χ4v) is 4.24. The van der Waals surface area contributed by atoms with E-state index in [4.69, 9.17) is 5.73 Å². The molecule has 2 amide bonds. The number of nitrogens with two attached hydrogens (primary N) is 1. The van der Waals surface area contributed by atoms with Gasteiger partial charge < -0.3 is 11.1 Å². The van der Waals surface area contributed by atoms with Crippen molar-refractivity contribution in [1.29, 1.82) is 0 Å². The Morgan fingerprint density at radius 2 is 2.05 bits per heavy atom. The molecule has 1 aliphatic carbocycles. The number of thiophene rings is 1. The summed E-state index contributed by atoms with van der Waals surface area (Å²) in [5.41, 5.74) is 7.38. The van der Waals surface area contributed by atoms with Gasteiger partial charge in [-0.25, -0.2) is 0 Å². The molecule has 0 bridgehead atoms. The van der Waals surface area contributed by atoms with Crippen molar-refractivity contribution in [3.8, 4) is 0 Å². The third-order valence-electron chi connectivity index (χ3n) is 4.31. The van der Waals surface area contributed by atoms with Crippen LogP contribution >= 0.6 is 11.3 Å². The molecular formula is C16H24N2O2S. The van der Waals surface area contributed by atoms with Gasteiger partial charge in [-0.15, -0.1) is 11.3 Å². The highest BCUT2D eigenvalue weighted by Crippen LogP contribution is 2.44. The van der Waals surface area contributed by atoms with Crippen LogP contribution in [-0.2, 0) is 17.6 Å². The second-order valence-electron chi connectivity index (χ2n) is 6.78. The Balaban J connectivity index is 2.37. The molecule has 2 rings (SSSR count). The average Bonchev–Trinajstić information content (AvgIpc) is 2.74. The van der Waals surface area contributed by atoms with Crippen molar-refractivity contribution in [2.24, 2.45) is 17.1 Å². The molecule has 0 unspecified atom stereocenters. The van der Waals surface area contributed by atoms with Crippen LogP contribution < -0.4 is 11.1 Å². The summed E-state index contributed by atoms with van der Waals surface area (Å²) in [5.74, 6) is 0.0793. The van der Waals surface area contributed by atoms with Gasteiger partial charge in [-0.3, -0.25) is 9.59 Å². The van der Waals surface area contributed by atoms with E-state index in [0.717, 1.165) is 24.8 Å². The van der Waals surface area contributed by atoms with Gasteiger partial charge in [-0.2, -0.15) is 0 Å². The first-order valence-electron chi connectivity index (χ1n) is 7.48. The number of primary amides is 1. The lowest BCUT2D eigenvalue weighted by molar-refractivity contribution is -0.115. The van der Waals surface area contributed by atoms with E-state index in [1.54, 1.807) is 6.92 Å². The van der Waals surface area contributed by atoms with Gasteiger partial charge >= 0.3 is 0 Å². The van der Waals surface area contributed by atoms with Crippen molar-refractivity contribution in [2.75, 3.05) is 5.32 Å². The number of hydrogen-bond acceptors (Lipinski definition) is 3. The van der Waals surface area contributed by atoms with Gasteiger partial charge in [-0.1, -0.05) is 27.7 Å². The lowest BCUT2D eigenvalue weighted by Crippen LogP contribution is -2.27. The Labute approximate surface area is 130 Å². The van der Waals surface area contributed by atoms with Crippen LogP contribution in [0.25, 0.3) is 0 Å². The average molecular weight is 308 g/mol. The zero-order valence-corrected chi connectivity index (χ0v) is 14.0. The zero-order valence-electron chi connectivity index (χ0n) is 13.2. The summed E-state index contributed by atoms with van der Waals surface area (Å²) in [7, 11) is 0. The van der Waals surface area contributed by atoms with Crippen LogP contribution in [0.4, 0.5) is 5.00 Å². The maximum Gasteiger partial charge on any atom is 0.251 e. The third-order valence-corrected chi connectivity index (χ3v) is 5.48. The summed E-state index contributed by atoms with van der Waals surface area (Å²) in [4.78, 5) is 24.6. The second-order valence-corrected chi connectivity index (χ2v) is 7.88. The van der Waals surface area contributed by atoms with E-state index in [2.05, 4.69) is 26.1 Å². The molecule has 0 fully saturated rings. The molecule has 0 aromatic carbocycles. The van der Waals surface area contributed by atoms with Crippen LogP contribution in [0, 0.1) is 11.3 Å². The standard InChI is InChI=1S/C16H24N2O2S/c1-5-12(19)18-15-13(14(17)20)10-7-6-9(16(2,3)4)8-11(10)21-15/h9H,5-8H2,1-4H3,(H2,17,20)(H,18,19)/t9-/m1/s1. The molecule has 5 heteroatoms. The monoisotopic (exact) mass is 308 g/mol. The summed E-state index contributed by atoms with van der Waals surface area (Å²) in [6.07, 6.45) is 3.29. The van der Waals surface area contributed by atoms with Crippen molar-refractivity contribution < 1.29 is 9.59 Å². The summed E-state index contributed by atoms with van der Waals surface area (Å²) in [6.45, 7) is 8.56. The summed E-state index contributed by atoms with van der Waals surface area (Å²) >= 11 is 1.52. The van der Waals surface area contributed by atoms with E-state index in [1.165, 1.54) is 16.2 Å². The summed E-state index contributed by atoms with van der Waals surface area (Å²) in [5, 5.41) is 3.46. The molecule has 0 saturated carbocycles. The minimum atomic E-state index is -0.437. The Hall–Kier alpha value is -1.36. The normalized spacial score (nSPS) is 18.2. The number of nitrogens with one attached hydrogen (secondary N) is 1. The number of hydrogen-bond donors (Lipinski definition) is 2. The number of carbonyl (C=O) groups excluding carboxylic acids is 2. The molecule has 116 valence electrons. The predicted molar refractivity (Wildman–Crippen MR) is 86.7 cm³/mol. The van der Waals surface area contributed by atoms with E-state index >= 15 is 0 Å². The van der Waals surface area contributed by atoms with Crippen LogP contribution in [0.2, 0.25) is 0 Å². The lowest BCUT2D eigenvalue weighted by Gasteiger charge is -2.33. The Morgan fingerprint density at radius 3 is 2.57 bits per heavy atom. The minimum absolute atomic E-state index is 0.0801. The molecule has 4 nitrogen and oxygen atoms in total. The quantitative estimate of drug-likeness (QED) is 0.899. The first-order chi connectivity index (χ1) is 9.74. The van der Waals surface area contributed by atoms with E-state index in [9.17, 15) is 9.59 Å². The van der Waals surface area contributed by atoms with Crippen LogP contribution in [0.5, 0.6) is 0 Å². The van der Waals surface area contributed by atoms with E-state index in [1.807, 2.05) is 0 Å². The fraction of sp³-hybridized carbons (Fsp3) is 0.625. The van der Waals surface area contributed by atoms with Gasteiger partial charge in [0.15, 0.2) is 0 Å². The van der Waals surface area contributed by atoms with Crippen LogP contribution in [0.15, 0.2) is 0 Å². The van der Waals surface area contributed by atoms with Crippen molar-refractivity contribution in [3.05, 3.63) is 16.0 Å². The second kappa shape index (κ2) is 5.79. The highest BCUT2D eigenvalue weighted by Gasteiger charge is 2.33. The molecular weight excluding hydrogens is 284 g/mol. The lowest BCUT2D eigenvalue weighted by atomic mass is 9.72. The highest BCUT2D eigenvalue weighted by molar-refractivity contribution is 7.17. The van der Waals surface area contributed by atoms with Gasteiger partial charge in [0.1, 0.15) is 5.00 Å². The molecule has 21 heavy (non-hydrogen) atoms. The molecule has 0 spiro atoms. The van der Waals surface area contributed by atoms with E-state index < -0.39 is 5.91 Å². The summed E-state index contributed by atoms with van der Waals surface area (Å²) < 4.78 is 0. The van der Waals surface area contributed by atoms with Crippen molar-refractivity contribution in [1.82, 2.24) is 0 Å². The number of carbonyl (C=O) groups is 2. The molecule has 1 aromatic heterocycles. The molecule has 1 aliphatic rings. The van der Waals surface area contributed by atoms with Gasteiger partial charge in [0.05, 0.1) is 5.56 Å². The molecule has 0 aliphatic heterocycles. The maximum absolute atomic E-state index is 11.8. The molecule has 1 heterocycles. The number of fused-ring (bicyclic) bond motifs is 1. The Bertz CT molecular complexity index is 570. The Morgan fingerprint density at radius 1 is 1.38 bits per heavy atom.